The monoisotopic (exact) mass is 273 g/mol. The summed E-state index contributed by atoms with van der Waals surface area (Å²) >= 11 is 0. The lowest BCUT2D eigenvalue weighted by molar-refractivity contribution is -0.144. The highest BCUT2D eigenvalue weighted by atomic mass is 16.4. The summed E-state index contributed by atoms with van der Waals surface area (Å²) in [6, 6.07) is 8.85. The van der Waals surface area contributed by atoms with Crippen molar-refractivity contribution in [1.82, 2.24) is 4.90 Å². The van der Waals surface area contributed by atoms with E-state index in [4.69, 9.17) is 0 Å². The van der Waals surface area contributed by atoms with E-state index in [1.54, 1.807) is 0 Å². The Morgan fingerprint density at radius 1 is 1.35 bits per heavy atom. The van der Waals surface area contributed by atoms with E-state index in [0.717, 1.165) is 25.4 Å². The van der Waals surface area contributed by atoms with Crippen LogP contribution in [0.15, 0.2) is 24.3 Å². The Morgan fingerprint density at radius 3 is 2.85 bits per heavy atom. The van der Waals surface area contributed by atoms with Crippen molar-refractivity contribution in [1.29, 1.82) is 0 Å². The quantitative estimate of drug-likeness (QED) is 0.916. The van der Waals surface area contributed by atoms with Gasteiger partial charge in [-0.3, -0.25) is 9.69 Å². The van der Waals surface area contributed by atoms with E-state index in [1.165, 1.54) is 24.0 Å². The third kappa shape index (κ3) is 3.21. The Kier molecular flexibility index (Phi) is 3.79. The lowest BCUT2D eigenvalue weighted by Gasteiger charge is -2.34. The summed E-state index contributed by atoms with van der Waals surface area (Å²) in [6.07, 6.45) is 3.46. The summed E-state index contributed by atoms with van der Waals surface area (Å²) in [5.74, 6) is 0.400. The molecule has 0 bridgehead atoms. The van der Waals surface area contributed by atoms with Gasteiger partial charge in [0.15, 0.2) is 0 Å². The molecule has 3 heteroatoms. The Balaban J connectivity index is 1.67. The summed E-state index contributed by atoms with van der Waals surface area (Å²) in [4.78, 5) is 13.5. The molecule has 1 heterocycles. The lowest BCUT2D eigenvalue weighted by atomic mass is 9.90. The number of piperidine rings is 1. The molecule has 3 nitrogen and oxygen atoms in total. The zero-order valence-electron chi connectivity index (χ0n) is 12.1. The molecule has 1 aromatic carbocycles. The van der Waals surface area contributed by atoms with Gasteiger partial charge in [0.25, 0.3) is 0 Å². The highest BCUT2D eigenvalue weighted by molar-refractivity contribution is 5.70. The lowest BCUT2D eigenvalue weighted by Crippen LogP contribution is -2.41. The minimum Gasteiger partial charge on any atom is -0.481 e. The average molecular weight is 273 g/mol. The molecule has 108 valence electrons. The van der Waals surface area contributed by atoms with E-state index in [2.05, 4.69) is 36.1 Å². The van der Waals surface area contributed by atoms with Gasteiger partial charge in [-0.05, 0) is 42.2 Å². The van der Waals surface area contributed by atoms with Crippen molar-refractivity contribution in [2.75, 3.05) is 13.1 Å². The zero-order chi connectivity index (χ0) is 14.1. The van der Waals surface area contributed by atoms with E-state index >= 15 is 0 Å². The van der Waals surface area contributed by atoms with Crippen LogP contribution in [0.2, 0.25) is 0 Å². The van der Waals surface area contributed by atoms with Crippen molar-refractivity contribution >= 4 is 5.97 Å². The Bertz CT molecular complexity index is 496. The first-order chi connectivity index (χ1) is 9.61. The van der Waals surface area contributed by atoms with Crippen molar-refractivity contribution in [2.45, 2.75) is 38.6 Å². The summed E-state index contributed by atoms with van der Waals surface area (Å²) in [5.41, 5.74) is 2.79. The maximum atomic E-state index is 11.2. The maximum absolute atomic E-state index is 11.2. The Morgan fingerprint density at radius 2 is 2.15 bits per heavy atom. The van der Waals surface area contributed by atoms with Gasteiger partial charge in [0, 0.05) is 19.6 Å². The molecule has 0 radical (unpaired) electrons. The molecule has 3 rings (SSSR count). The van der Waals surface area contributed by atoms with Crippen molar-refractivity contribution in [2.24, 2.45) is 11.8 Å². The number of nitrogens with zero attached hydrogens (tertiary/aromatic N) is 1. The van der Waals surface area contributed by atoms with E-state index in [1.807, 2.05) is 0 Å². The minimum absolute atomic E-state index is 0.203. The van der Waals surface area contributed by atoms with Crippen LogP contribution < -0.4 is 0 Å². The van der Waals surface area contributed by atoms with E-state index in [9.17, 15) is 9.90 Å². The number of rotatable bonds is 4. The van der Waals surface area contributed by atoms with Gasteiger partial charge < -0.3 is 5.11 Å². The van der Waals surface area contributed by atoms with Crippen LogP contribution in [0.25, 0.3) is 0 Å². The number of carboxylic acids is 1. The molecule has 0 amide bonds. The smallest absolute Gasteiger partial charge is 0.307 e. The van der Waals surface area contributed by atoms with E-state index in [0.29, 0.717) is 12.5 Å². The molecule has 1 N–H and O–H groups in total. The van der Waals surface area contributed by atoms with Gasteiger partial charge in [0.1, 0.15) is 0 Å². The van der Waals surface area contributed by atoms with Crippen LogP contribution in [0.4, 0.5) is 0 Å². The number of benzene rings is 1. The molecule has 20 heavy (non-hydrogen) atoms. The van der Waals surface area contributed by atoms with Gasteiger partial charge in [-0.2, -0.15) is 0 Å². The Hall–Kier alpha value is -1.35. The first kappa shape index (κ1) is 13.6. The molecule has 1 aromatic rings. The summed E-state index contributed by atoms with van der Waals surface area (Å²) < 4.78 is 0. The molecule has 2 fully saturated rings. The first-order valence-corrected chi connectivity index (χ1v) is 7.66. The van der Waals surface area contributed by atoms with Gasteiger partial charge in [-0.25, -0.2) is 0 Å². The van der Waals surface area contributed by atoms with Crippen molar-refractivity contribution in [3.8, 4) is 0 Å². The second kappa shape index (κ2) is 5.57. The topological polar surface area (TPSA) is 40.5 Å². The van der Waals surface area contributed by atoms with E-state index in [-0.39, 0.29) is 5.92 Å². The van der Waals surface area contributed by atoms with Crippen molar-refractivity contribution < 1.29 is 9.90 Å². The SMILES string of the molecule is CC1CC(C(=O)O)CN(Cc2cccc(C3CC3)c2)C1. The van der Waals surface area contributed by atoms with Crippen LogP contribution in [0.1, 0.15) is 43.2 Å². The molecule has 1 aliphatic carbocycles. The minimum atomic E-state index is -0.645. The van der Waals surface area contributed by atoms with Crippen LogP contribution >= 0.6 is 0 Å². The van der Waals surface area contributed by atoms with Gasteiger partial charge in [0.2, 0.25) is 0 Å². The molecule has 1 aliphatic heterocycles. The third-order valence-electron chi connectivity index (χ3n) is 4.49. The maximum Gasteiger partial charge on any atom is 0.307 e. The number of hydrogen-bond donors (Lipinski definition) is 1. The first-order valence-electron chi connectivity index (χ1n) is 7.66. The molecular formula is C17H23NO2. The standard InChI is InChI=1S/C17H23NO2/c1-12-7-16(17(19)20)11-18(9-12)10-13-3-2-4-15(8-13)14-5-6-14/h2-4,8,12,14,16H,5-7,9-11H2,1H3,(H,19,20). The van der Waals surface area contributed by atoms with Crippen LogP contribution in [-0.4, -0.2) is 29.1 Å². The number of aliphatic carboxylic acids is 1. The number of likely N-dealkylation sites (tertiary alicyclic amines) is 1. The molecule has 2 aliphatic rings. The predicted molar refractivity (Wildman–Crippen MR) is 78.6 cm³/mol. The number of carbonyl (C=O) groups is 1. The second-order valence-electron chi connectivity index (χ2n) is 6.59. The van der Waals surface area contributed by atoms with Crippen LogP contribution in [-0.2, 0) is 11.3 Å². The molecule has 1 saturated heterocycles. The normalized spacial score (nSPS) is 27.4. The second-order valence-corrected chi connectivity index (χ2v) is 6.59. The van der Waals surface area contributed by atoms with E-state index < -0.39 is 5.97 Å². The largest absolute Gasteiger partial charge is 0.481 e. The summed E-state index contributed by atoms with van der Waals surface area (Å²) in [7, 11) is 0. The van der Waals surface area contributed by atoms with Gasteiger partial charge in [-0.1, -0.05) is 31.2 Å². The van der Waals surface area contributed by atoms with Crippen LogP contribution in [0.3, 0.4) is 0 Å². The fraction of sp³-hybridized carbons (Fsp3) is 0.588. The number of hydrogen-bond acceptors (Lipinski definition) is 2. The third-order valence-corrected chi connectivity index (χ3v) is 4.49. The molecule has 2 unspecified atom stereocenters. The summed E-state index contributed by atoms with van der Waals surface area (Å²) in [5, 5.41) is 9.24. The fourth-order valence-electron chi connectivity index (χ4n) is 3.39. The molecular weight excluding hydrogens is 250 g/mol. The Labute approximate surface area is 120 Å². The molecule has 1 saturated carbocycles. The molecule has 0 aromatic heterocycles. The van der Waals surface area contributed by atoms with Gasteiger partial charge in [0.05, 0.1) is 5.92 Å². The number of carboxylic acid groups (broad SMARTS) is 1. The van der Waals surface area contributed by atoms with Crippen molar-refractivity contribution in [3.05, 3.63) is 35.4 Å². The summed E-state index contributed by atoms with van der Waals surface area (Å²) in [6.45, 7) is 4.74. The van der Waals surface area contributed by atoms with Crippen molar-refractivity contribution in [3.63, 3.8) is 0 Å². The fourth-order valence-corrected chi connectivity index (χ4v) is 3.39. The molecule has 2 atom stereocenters. The van der Waals surface area contributed by atoms with Crippen LogP contribution in [0.5, 0.6) is 0 Å². The average Bonchev–Trinajstić information content (AvgIpc) is 3.22. The predicted octanol–water partition coefficient (Wildman–Crippen LogP) is 3.11. The zero-order valence-corrected chi connectivity index (χ0v) is 12.1. The van der Waals surface area contributed by atoms with Gasteiger partial charge in [-0.15, -0.1) is 0 Å². The highest BCUT2D eigenvalue weighted by Gasteiger charge is 2.29. The molecule has 0 spiro atoms. The highest BCUT2D eigenvalue weighted by Crippen LogP contribution is 2.40. The van der Waals surface area contributed by atoms with Gasteiger partial charge >= 0.3 is 5.97 Å². The van der Waals surface area contributed by atoms with Crippen LogP contribution in [0, 0.1) is 11.8 Å².